The van der Waals surface area contributed by atoms with E-state index in [0.29, 0.717) is 54.5 Å². The van der Waals surface area contributed by atoms with Crippen LogP contribution in [0.4, 0.5) is 0 Å². The first-order valence-corrected chi connectivity index (χ1v) is 12.8. The van der Waals surface area contributed by atoms with E-state index in [0.717, 1.165) is 11.1 Å². The molecular weight excluding hydrogens is 533 g/mol. The molecule has 0 aromatic heterocycles. The van der Waals surface area contributed by atoms with Crippen LogP contribution >= 0.6 is 34.8 Å². The predicted octanol–water partition coefficient (Wildman–Crippen LogP) is 7.36. The number of allylic oxidation sites excluding steroid dienone is 2. The van der Waals surface area contributed by atoms with E-state index in [4.69, 9.17) is 44.3 Å². The summed E-state index contributed by atoms with van der Waals surface area (Å²) in [5.41, 5.74) is 5.03. The van der Waals surface area contributed by atoms with Crippen molar-refractivity contribution in [1.82, 2.24) is 5.32 Å². The highest BCUT2D eigenvalue weighted by Crippen LogP contribution is 2.47. The Bertz CT molecular complexity index is 1510. The predicted molar refractivity (Wildman–Crippen MR) is 145 cm³/mol. The fourth-order valence-corrected chi connectivity index (χ4v) is 5.46. The summed E-state index contributed by atoms with van der Waals surface area (Å²) in [5.74, 6) is -0.834. The normalized spacial score (nSPS) is 16.4. The number of fused-ring (bicyclic) bond motifs is 2. The van der Waals surface area contributed by atoms with Crippen LogP contribution in [0.3, 0.4) is 0 Å². The molecule has 0 radical (unpaired) electrons. The molecule has 2 aliphatic rings. The molecule has 8 heteroatoms. The molecule has 5 rings (SSSR count). The lowest BCUT2D eigenvalue weighted by Gasteiger charge is -2.29. The molecule has 3 aromatic rings. The summed E-state index contributed by atoms with van der Waals surface area (Å²) in [6.45, 7) is 3.96. The van der Waals surface area contributed by atoms with Crippen LogP contribution in [0.1, 0.15) is 46.8 Å². The molecule has 1 aliphatic heterocycles. The van der Waals surface area contributed by atoms with E-state index < -0.39 is 11.9 Å². The fourth-order valence-electron chi connectivity index (χ4n) is 4.75. The molecule has 1 aliphatic carbocycles. The average molecular weight is 555 g/mol. The van der Waals surface area contributed by atoms with E-state index in [1.54, 1.807) is 43.3 Å². The maximum Gasteiger partial charge on any atom is 0.336 e. The summed E-state index contributed by atoms with van der Waals surface area (Å²) < 4.78 is 11.3. The maximum atomic E-state index is 13.6. The molecule has 0 spiro atoms. The summed E-state index contributed by atoms with van der Waals surface area (Å²) in [5, 5.41) is 4.66. The Labute approximate surface area is 229 Å². The van der Waals surface area contributed by atoms with Gasteiger partial charge in [-0.25, -0.2) is 4.79 Å². The molecule has 1 heterocycles. The molecule has 0 bridgehead atoms. The lowest BCUT2D eigenvalue weighted by atomic mass is 9.80. The molecule has 0 fully saturated rings. The summed E-state index contributed by atoms with van der Waals surface area (Å²) >= 11 is 18.9. The van der Waals surface area contributed by atoms with Crippen molar-refractivity contribution in [2.24, 2.45) is 0 Å². The van der Waals surface area contributed by atoms with Gasteiger partial charge in [-0.15, -0.1) is 0 Å². The van der Waals surface area contributed by atoms with Gasteiger partial charge in [0.2, 0.25) is 0 Å². The minimum atomic E-state index is -0.660. The van der Waals surface area contributed by atoms with Gasteiger partial charge in [0.25, 0.3) is 0 Å². The summed E-state index contributed by atoms with van der Waals surface area (Å²) in [6, 6.07) is 17.8. The number of halogens is 3. The number of Topliss-reactive ketones (excluding diaryl/α,β-unsaturated/α-hetero) is 1. The van der Waals surface area contributed by atoms with Crippen LogP contribution in [0.25, 0.3) is 5.70 Å². The second-order valence-electron chi connectivity index (χ2n) is 8.69. The Balaban J connectivity index is 1.53. The number of dihydropyridines is 1. The van der Waals surface area contributed by atoms with Crippen molar-refractivity contribution >= 4 is 52.3 Å². The zero-order valence-electron chi connectivity index (χ0n) is 20.0. The molecule has 1 N–H and O–H groups in total. The van der Waals surface area contributed by atoms with Crippen molar-refractivity contribution in [3.63, 3.8) is 0 Å². The number of carbonyl (C=O) groups is 2. The topological polar surface area (TPSA) is 64.6 Å². The van der Waals surface area contributed by atoms with Crippen LogP contribution in [-0.2, 0) is 16.1 Å². The number of ether oxygens (including phenoxy) is 2. The second-order valence-corrected chi connectivity index (χ2v) is 9.95. The molecule has 3 aromatic carbocycles. The highest BCUT2D eigenvalue weighted by molar-refractivity contribution is 6.35. The fraction of sp³-hybridized carbons (Fsp3) is 0.172. The number of esters is 1. The lowest BCUT2D eigenvalue weighted by Crippen LogP contribution is -2.29. The standard InChI is InChI=1S/C29H22Cl3NO4/c1-3-36-29(35)24-15(2)33-27-19-6-4-5-7-20(19)28(34)26(27)25(24)16-9-11-23(22(32)12-16)37-14-17-8-10-18(30)13-21(17)31/h4-13,25,33H,3,14H2,1-2H3/t25-/m1/s1. The minimum absolute atomic E-state index is 0.133. The molecular formula is C29H22Cl3NO4. The average Bonchev–Trinajstić information content (AvgIpc) is 3.15. The molecule has 188 valence electrons. The highest BCUT2D eigenvalue weighted by Gasteiger charge is 2.43. The van der Waals surface area contributed by atoms with Crippen molar-refractivity contribution in [1.29, 1.82) is 0 Å². The number of benzene rings is 3. The zero-order valence-corrected chi connectivity index (χ0v) is 22.3. The van der Waals surface area contributed by atoms with E-state index >= 15 is 0 Å². The molecule has 0 saturated heterocycles. The quantitative estimate of drug-likeness (QED) is 0.323. The van der Waals surface area contributed by atoms with E-state index in [2.05, 4.69) is 5.32 Å². The number of rotatable bonds is 6. The summed E-state index contributed by atoms with van der Waals surface area (Å²) in [4.78, 5) is 26.7. The first-order valence-electron chi connectivity index (χ1n) is 11.7. The zero-order chi connectivity index (χ0) is 26.3. The molecule has 37 heavy (non-hydrogen) atoms. The molecule has 0 saturated carbocycles. The van der Waals surface area contributed by atoms with Gasteiger partial charge < -0.3 is 14.8 Å². The number of hydrogen-bond donors (Lipinski definition) is 1. The smallest absolute Gasteiger partial charge is 0.336 e. The van der Waals surface area contributed by atoms with Crippen LogP contribution in [0.2, 0.25) is 15.1 Å². The Morgan fingerprint density at radius 2 is 1.73 bits per heavy atom. The Morgan fingerprint density at radius 3 is 2.43 bits per heavy atom. The first-order chi connectivity index (χ1) is 17.8. The molecule has 0 amide bonds. The maximum absolute atomic E-state index is 13.6. The van der Waals surface area contributed by atoms with Crippen molar-refractivity contribution in [3.8, 4) is 5.75 Å². The number of hydrogen-bond acceptors (Lipinski definition) is 5. The van der Waals surface area contributed by atoms with Gasteiger partial charge in [-0.1, -0.05) is 71.2 Å². The monoisotopic (exact) mass is 553 g/mol. The molecule has 1 atom stereocenters. The van der Waals surface area contributed by atoms with Crippen molar-refractivity contribution in [2.75, 3.05) is 6.61 Å². The molecule has 5 nitrogen and oxygen atoms in total. The minimum Gasteiger partial charge on any atom is -0.487 e. The highest BCUT2D eigenvalue weighted by atomic mass is 35.5. The third-order valence-electron chi connectivity index (χ3n) is 6.43. The first kappa shape index (κ1) is 25.4. The van der Waals surface area contributed by atoms with Crippen LogP contribution in [0.5, 0.6) is 5.75 Å². The van der Waals surface area contributed by atoms with Gasteiger partial charge in [0.15, 0.2) is 5.78 Å². The van der Waals surface area contributed by atoms with Gasteiger partial charge in [0.1, 0.15) is 12.4 Å². The van der Waals surface area contributed by atoms with Crippen LogP contribution in [-0.4, -0.2) is 18.4 Å². The van der Waals surface area contributed by atoms with Gasteiger partial charge in [0, 0.05) is 43.9 Å². The van der Waals surface area contributed by atoms with Gasteiger partial charge in [-0.2, -0.15) is 0 Å². The van der Waals surface area contributed by atoms with Gasteiger partial charge >= 0.3 is 5.97 Å². The largest absolute Gasteiger partial charge is 0.487 e. The van der Waals surface area contributed by atoms with E-state index in [1.165, 1.54) is 0 Å². The van der Waals surface area contributed by atoms with Crippen molar-refractivity contribution < 1.29 is 19.1 Å². The third-order valence-corrected chi connectivity index (χ3v) is 7.31. The number of nitrogens with one attached hydrogen (secondary N) is 1. The summed E-state index contributed by atoms with van der Waals surface area (Å²) in [7, 11) is 0. The summed E-state index contributed by atoms with van der Waals surface area (Å²) in [6.07, 6.45) is 0. The Kier molecular flexibility index (Phi) is 7.04. The van der Waals surface area contributed by atoms with E-state index in [9.17, 15) is 9.59 Å². The van der Waals surface area contributed by atoms with Gasteiger partial charge in [-0.3, -0.25) is 4.79 Å². The van der Waals surface area contributed by atoms with Crippen LogP contribution in [0, 0.1) is 0 Å². The van der Waals surface area contributed by atoms with E-state index in [-0.39, 0.29) is 19.0 Å². The number of ketones is 1. The van der Waals surface area contributed by atoms with Gasteiger partial charge in [0.05, 0.1) is 22.9 Å². The van der Waals surface area contributed by atoms with Crippen LogP contribution in [0.15, 0.2) is 77.5 Å². The SMILES string of the molecule is CCOC(=O)C1=C(C)NC2=C(C(=O)c3ccccc32)[C@@H]1c1ccc(OCc2ccc(Cl)cc2Cl)c(Cl)c1. The van der Waals surface area contributed by atoms with Crippen molar-refractivity contribution in [3.05, 3.63) is 115 Å². The molecule has 0 unspecified atom stereocenters. The lowest BCUT2D eigenvalue weighted by molar-refractivity contribution is -0.138. The number of carbonyl (C=O) groups excluding carboxylic acids is 2. The second kappa shape index (κ2) is 10.3. The van der Waals surface area contributed by atoms with E-state index in [1.807, 2.05) is 31.2 Å². The van der Waals surface area contributed by atoms with Gasteiger partial charge in [-0.05, 0) is 43.7 Å². The van der Waals surface area contributed by atoms with Crippen molar-refractivity contribution in [2.45, 2.75) is 26.4 Å². The Morgan fingerprint density at radius 1 is 0.973 bits per heavy atom. The van der Waals surface area contributed by atoms with Crippen LogP contribution < -0.4 is 10.1 Å². The third kappa shape index (κ3) is 4.63. The Hall–Kier alpha value is -3.25.